The highest BCUT2D eigenvalue weighted by molar-refractivity contribution is 7.94. The molecular formula is C29H28FN3O4S2. The van der Waals surface area contributed by atoms with Gasteiger partial charge in [0.1, 0.15) is 16.6 Å². The minimum Gasteiger partial charge on any atom is -0.324 e. The number of hydrogen-bond acceptors (Lipinski definition) is 5. The van der Waals surface area contributed by atoms with Gasteiger partial charge in [0.15, 0.2) is 0 Å². The SMILES string of the molecule is CC(C)(C)c1ccc(C(=O)Nc2cccc(NC(=O)CN(c3ccc(F)cc3)S(=O)(=O)c3cccs3)c2)cc1. The van der Waals surface area contributed by atoms with Gasteiger partial charge in [0.25, 0.3) is 15.9 Å². The standard InChI is InChI=1S/C29H28FN3O4S2/c1-29(2,3)21-11-9-20(10-12-21)28(35)32-24-7-4-6-23(18-24)31-26(34)19-33(25-15-13-22(30)14-16-25)39(36,37)27-8-5-17-38-27/h4-18H,19H2,1-3H3,(H,31,34)(H,32,35). The Morgan fingerprint density at radius 2 is 1.51 bits per heavy atom. The van der Waals surface area contributed by atoms with E-state index in [4.69, 9.17) is 0 Å². The number of amides is 2. The summed E-state index contributed by atoms with van der Waals surface area (Å²) in [4.78, 5) is 25.7. The molecule has 10 heteroatoms. The van der Waals surface area contributed by atoms with Crippen LogP contribution >= 0.6 is 11.3 Å². The van der Waals surface area contributed by atoms with Gasteiger partial charge in [-0.15, -0.1) is 11.3 Å². The van der Waals surface area contributed by atoms with E-state index < -0.39 is 28.3 Å². The summed E-state index contributed by atoms with van der Waals surface area (Å²) in [6, 6.07) is 21.8. The van der Waals surface area contributed by atoms with Crippen molar-refractivity contribution in [3.63, 3.8) is 0 Å². The minimum absolute atomic E-state index is 0.0308. The summed E-state index contributed by atoms with van der Waals surface area (Å²) in [5.74, 6) is -1.44. The first-order valence-electron chi connectivity index (χ1n) is 12.1. The number of nitrogens with zero attached hydrogens (tertiary/aromatic N) is 1. The smallest absolute Gasteiger partial charge is 0.274 e. The van der Waals surface area contributed by atoms with Crippen LogP contribution in [0.3, 0.4) is 0 Å². The van der Waals surface area contributed by atoms with E-state index in [2.05, 4.69) is 31.4 Å². The molecule has 0 atom stereocenters. The molecule has 202 valence electrons. The van der Waals surface area contributed by atoms with Crippen LogP contribution in [0.15, 0.2) is 94.5 Å². The summed E-state index contributed by atoms with van der Waals surface area (Å²) in [6.45, 7) is 5.75. The molecule has 4 rings (SSSR count). The Labute approximate surface area is 231 Å². The van der Waals surface area contributed by atoms with Gasteiger partial charge in [-0.05, 0) is 77.0 Å². The molecule has 0 saturated heterocycles. The van der Waals surface area contributed by atoms with E-state index in [0.717, 1.165) is 33.3 Å². The number of halogens is 1. The van der Waals surface area contributed by atoms with Crippen LogP contribution in [0.5, 0.6) is 0 Å². The summed E-state index contributed by atoms with van der Waals surface area (Å²) >= 11 is 1.02. The molecule has 3 aromatic carbocycles. The van der Waals surface area contributed by atoms with Crippen molar-refractivity contribution in [2.45, 2.75) is 30.4 Å². The van der Waals surface area contributed by atoms with Crippen molar-refractivity contribution in [2.24, 2.45) is 0 Å². The third-order valence-corrected chi connectivity index (χ3v) is 9.01. The fourth-order valence-electron chi connectivity index (χ4n) is 3.77. The largest absolute Gasteiger partial charge is 0.324 e. The van der Waals surface area contributed by atoms with Gasteiger partial charge in [0.05, 0.1) is 5.69 Å². The molecule has 39 heavy (non-hydrogen) atoms. The Morgan fingerprint density at radius 3 is 2.10 bits per heavy atom. The Morgan fingerprint density at radius 1 is 0.872 bits per heavy atom. The minimum atomic E-state index is -4.07. The summed E-state index contributed by atoms with van der Waals surface area (Å²) < 4.78 is 41.0. The van der Waals surface area contributed by atoms with Crippen LogP contribution in [-0.4, -0.2) is 26.8 Å². The summed E-state index contributed by atoms with van der Waals surface area (Å²) in [5, 5.41) is 7.12. The zero-order valence-corrected chi connectivity index (χ0v) is 23.3. The third kappa shape index (κ3) is 6.90. The second-order valence-electron chi connectivity index (χ2n) is 9.83. The Bertz CT molecular complexity index is 1560. The van der Waals surface area contributed by atoms with Gasteiger partial charge in [-0.25, -0.2) is 12.8 Å². The van der Waals surface area contributed by atoms with Crippen molar-refractivity contribution in [1.29, 1.82) is 0 Å². The van der Waals surface area contributed by atoms with Gasteiger partial charge in [0.2, 0.25) is 5.91 Å². The van der Waals surface area contributed by atoms with E-state index in [1.165, 1.54) is 18.2 Å². The van der Waals surface area contributed by atoms with Crippen molar-refractivity contribution in [3.05, 3.63) is 107 Å². The van der Waals surface area contributed by atoms with Crippen LogP contribution in [0.25, 0.3) is 0 Å². The molecule has 0 saturated carbocycles. The first-order chi connectivity index (χ1) is 18.4. The molecule has 0 spiro atoms. The number of hydrogen-bond donors (Lipinski definition) is 2. The van der Waals surface area contributed by atoms with E-state index >= 15 is 0 Å². The van der Waals surface area contributed by atoms with Crippen molar-refractivity contribution >= 4 is 50.2 Å². The normalized spacial score (nSPS) is 11.6. The van der Waals surface area contributed by atoms with E-state index in [1.807, 2.05) is 12.1 Å². The maximum atomic E-state index is 13.5. The van der Waals surface area contributed by atoms with Crippen LogP contribution in [0.4, 0.5) is 21.5 Å². The predicted octanol–water partition coefficient (Wildman–Crippen LogP) is 6.27. The van der Waals surface area contributed by atoms with Gasteiger partial charge >= 0.3 is 0 Å². The van der Waals surface area contributed by atoms with Crippen molar-refractivity contribution in [2.75, 3.05) is 21.5 Å². The average molecular weight is 566 g/mol. The first-order valence-corrected chi connectivity index (χ1v) is 14.4. The van der Waals surface area contributed by atoms with Gasteiger partial charge in [-0.2, -0.15) is 0 Å². The molecule has 0 aliphatic heterocycles. The molecule has 4 aromatic rings. The van der Waals surface area contributed by atoms with Gasteiger partial charge in [-0.3, -0.25) is 13.9 Å². The van der Waals surface area contributed by atoms with E-state index in [-0.39, 0.29) is 21.2 Å². The Hall–Kier alpha value is -4.02. The van der Waals surface area contributed by atoms with Crippen molar-refractivity contribution < 1.29 is 22.4 Å². The van der Waals surface area contributed by atoms with Gasteiger partial charge in [0, 0.05) is 16.9 Å². The zero-order chi connectivity index (χ0) is 28.2. The lowest BCUT2D eigenvalue weighted by Crippen LogP contribution is -2.37. The number of carbonyl (C=O) groups is 2. The number of sulfonamides is 1. The third-order valence-electron chi connectivity index (χ3n) is 5.86. The number of rotatable bonds is 8. The second-order valence-corrected chi connectivity index (χ2v) is 12.9. The monoisotopic (exact) mass is 565 g/mol. The molecule has 0 fully saturated rings. The highest BCUT2D eigenvalue weighted by Crippen LogP contribution is 2.27. The number of benzene rings is 3. The van der Waals surface area contributed by atoms with E-state index in [9.17, 15) is 22.4 Å². The van der Waals surface area contributed by atoms with Gasteiger partial charge < -0.3 is 10.6 Å². The van der Waals surface area contributed by atoms with Crippen molar-refractivity contribution in [1.82, 2.24) is 0 Å². The summed E-state index contributed by atoms with van der Waals surface area (Å²) in [6.07, 6.45) is 0. The van der Waals surface area contributed by atoms with Crippen LogP contribution in [-0.2, 0) is 20.2 Å². The van der Waals surface area contributed by atoms with Crippen LogP contribution < -0.4 is 14.9 Å². The molecular weight excluding hydrogens is 537 g/mol. The molecule has 0 aliphatic carbocycles. The van der Waals surface area contributed by atoms with Crippen molar-refractivity contribution in [3.8, 4) is 0 Å². The number of carbonyl (C=O) groups excluding carboxylic acids is 2. The Balaban J connectivity index is 1.48. The maximum Gasteiger partial charge on any atom is 0.274 e. The lowest BCUT2D eigenvalue weighted by atomic mass is 9.87. The Kier molecular flexibility index (Phi) is 8.17. The van der Waals surface area contributed by atoms with Crippen LogP contribution in [0, 0.1) is 5.82 Å². The fraction of sp³-hybridized carbons (Fsp3) is 0.172. The maximum absolute atomic E-state index is 13.5. The lowest BCUT2D eigenvalue weighted by molar-refractivity contribution is -0.114. The lowest BCUT2D eigenvalue weighted by Gasteiger charge is -2.23. The molecule has 1 heterocycles. The molecule has 2 amide bonds. The molecule has 0 unspecified atom stereocenters. The van der Waals surface area contributed by atoms with Crippen LogP contribution in [0.2, 0.25) is 0 Å². The fourth-order valence-corrected chi connectivity index (χ4v) is 6.30. The molecule has 0 aliphatic rings. The molecule has 1 aromatic heterocycles. The number of anilines is 3. The van der Waals surface area contributed by atoms with Gasteiger partial charge in [-0.1, -0.05) is 45.0 Å². The average Bonchev–Trinajstić information content (AvgIpc) is 3.44. The van der Waals surface area contributed by atoms with E-state index in [1.54, 1.807) is 47.8 Å². The number of nitrogens with one attached hydrogen (secondary N) is 2. The molecule has 2 N–H and O–H groups in total. The van der Waals surface area contributed by atoms with Crippen LogP contribution in [0.1, 0.15) is 36.7 Å². The summed E-state index contributed by atoms with van der Waals surface area (Å²) in [5.41, 5.74) is 2.55. The topological polar surface area (TPSA) is 95.6 Å². The molecule has 0 bridgehead atoms. The highest BCUT2D eigenvalue weighted by atomic mass is 32.2. The molecule has 0 radical (unpaired) electrons. The highest BCUT2D eigenvalue weighted by Gasteiger charge is 2.28. The second kappa shape index (κ2) is 11.4. The number of thiophene rings is 1. The molecule has 7 nitrogen and oxygen atoms in total. The first kappa shape index (κ1) is 28.0. The predicted molar refractivity (Wildman–Crippen MR) is 153 cm³/mol. The quantitative estimate of drug-likeness (QED) is 0.263. The summed E-state index contributed by atoms with van der Waals surface area (Å²) in [7, 11) is -4.07. The zero-order valence-electron chi connectivity index (χ0n) is 21.6. The van der Waals surface area contributed by atoms with E-state index in [0.29, 0.717) is 16.9 Å².